The largest absolute Gasteiger partial charge is 0.356 e. The van der Waals surface area contributed by atoms with Crippen LogP contribution in [0.25, 0.3) is 0 Å². The van der Waals surface area contributed by atoms with E-state index in [4.69, 9.17) is 11.6 Å². The molecule has 0 aliphatic heterocycles. The summed E-state index contributed by atoms with van der Waals surface area (Å²) in [6.45, 7) is 2.41. The lowest BCUT2D eigenvalue weighted by Gasteiger charge is -1.97. The van der Waals surface area contributed by atoms with E-state index in [-0.39, 0.29) is 18.7 Å². The van der Waals surface area contributed by atoms with Gasteiger partial charge in [0, 0.05) is 19.4 Å². The fourth-order valence-electron chi connectivity index (χ4n) is 0.497. The van der Waals surface area contributed by atoms with Crippen molar-refractivity contribution in [2.45, 2.75) is 19.8 Å². The predicted octanol–water partition coefficient (Wildman–Crippen LogP) is 0.668. The molecule has 0 spiro atoms. The van der Waals surface area contributed by atoms with E-state index in [0.717, 1.165) is 0 Å². The van der Waals surface area contributed by atoms with Crippen LogP contribution in [-0.4, -0.2) is 17.7 Å². The van der Waals surface area contributed by atoms with Gasteiger partial charge >= 0.3 is 0 Å². The molecule has 3 nitrogen and oxygen atoms in total. The molecule has 0 saturated carbocycles. The maximum Gasteiger partial charge on any atom is 0.222 e. The summed E-state index contributed by atoms with van der Waals surface area (Å²) in [5.74, 6) is -0.128. The number of hydrogen-bond donors (Lipinski definition) is 1. The van der Waals surface area contributed by atoms with Crippen molar-refractivity contribution in [1.29, 1.82) is 0 Å². The van der Waals surface area contributed by atoms with Crippen molar-refractivity contribution in [3.63, 3.8) is 0 Å². The van der Waals surface area contributed by atoms with Gasteiger partial charge in [-0.2, -0.15) is 0 Å². The number of amides is 1. The Bertz CT molecular complexity index is 136. The van der Waals surface area contributed by atoms with Gasteiger partial charge < -0.3 is 5.32 Å². The standard InChI is InChI=1S/C6H10ClNO2/c1-2-8-6(10)4-3-5(7)9/h2-4H2,1H3,(H,8,10). The van der Waals surface area contributed by atoms with Crippen molar-refractivity contribution in [3.05, 3.63) is 0 Å². The number of nitrogens with one attached hydrogen (secondary N) is 1. The molecule has 0 aliphatic carbocycles. The summed E-state index contributed by atoms with van der Waals surface area (Å²) in [6, 6.07) is 0. The van der Waals surface area contributed by atoms with Gasteiger partial charge in [0.15, 0.2) is 0 Å². The van der Waals surface area contributed by atoms with Crippen LogP contribution in [0.3, 0.4) is 0 Å². The van der Waals surface area contributed by atoms with Crippen molar-refractivity contribution >= 4 is 22.8 Å². The Labute approximate surface area is 64.7 Å². The third-order valence-corrected chi connectivity index (χ3v) is 1.11. The predicted molar refractivity (Wildman–Crippen MR) is 38.8 cm³/mol. The second-order valence-corrected chi connectivity index (χ2v) is 2.23. The Morgan fingerprint density at radius 1 is 1.40 bits per heavy atom. The van der Waals surface area contributed by atoms with E-state index >= 15 is 0 Å². The van der Waals surface area contributed by atoms with Crippen molar-refractivity contribution in [1.82, 2.24) is 5.32 Å². The van der Waals surface area contributed by atoms with Crippen LogP contribution in [0, 0.1) is 0 Å². The average Bonchev–Trinajstić information content (AvgIpc) is 1.85. The molecule has 0 atom stereocenters. The van der Waals surface area contributed by atoms with Gasteiger partial charge in [0.05, 0.1) is 0 Å². The maximum atomic E-state index is 10.6. The van der Waals surface area contributed by atoms with Gasteiger partial charge in [-0.05, 0) is 18.5 Å². The van der Waals surface area contributed by atoms with E-state index in [1.807, 2.05) is 6.92 Å². The molecule has 0 fully saturated rings. The van der Waals surface area contributed by atoms with E-state index in [1.165, 1.54) is 0 Å². The van der Waals surface area contributed by atoms with Gasteiger partial charge in [-0.1, -0.05) is 0 Å². The molecule has 0 aromatic heterocycles. The first-order valence-corrected chi connectivity index (χ1v) is 3.49. The van der Waals surface area contributed by atoms with Crippen LogP contribution in [0.5, 0.6) is 0 Å². The molecule has 0 aromatic carbocycles. The zero-order chi connectivity index (χ0) is 7.98. The van der Waals surface area contributed by atoms with Crippen molar-refractivity contribution in [3.8, 4) is 0 Å². The molecule has 4 heteroatoms. The number of carbonyl (C=O) groups excluding carboxylic acids is 2. The minimum absolute atomic E-state index is 0.118. The highest BCUT2D eigenvalue weighted by atomic mass is 35.5. The summed E-state index contributed by atoms with van der Waals surface area (Å²) < 4.78 is 0. The van der Waals surface area contributed by atoms with Crippen LogP contribution in [-0.2, 0) is 9.59 Å². The smallest absolute Gasteiger partial charge is 0.222 e. The third-order valence-electron chi connectivity index (χ3n) is 0.923. The monoisotopic (exact) mass is 163 g/mol. The molecule has 0 heterocycles. The van der Waals surface area contributed by atoms with E-state index in [9.17, 15) is 9.59 Å². The van der Waals surface area contributed by atoms with Gasteiger partial charge in [-0.15, -0.1) is 0 Å². The molecule has 0 bridgehead atoms. The lowest BCUT2D eigenvalue weighted by atomic mass is 10.3. The highest BCUT2D eigenvalue weighted by molar-refractivity contribution is 6.63. The molecule has 0 aliphatic rings. The fraction of sp³-hybridized carbons (Fsp3) is 0.667. The van der Waals surface area contributed by atoms with Crippen LogP contribution >= 0.6 is 11.6 Å². The van der Waals surface area contributed by atoms with E-state index in [1.54, 1.807) is 0 Å². The Hall–Kier alpha value is -0.570. The molecule has 58 valence electrons. The molecule has 10 heavy (non-hydrogen) atoms. The molecule has 0 saturated heterocycles. The van der Waals surface area contributed by atoms with Gasteiger partial charge in [0.2, 0.25) is 11.1 Å². The number of halogens is 1. The summed E-state index contributed by atoms with van der Waals surface area (Å²) in [4.78, 5) is 20.8. The van der Waals surface area contributed by atoms with E-state index in [0.29, 0.717) is 6.54 Å². The SMILES string of the molecule is CCNC(=O)CCC(=O)Cl. The number of carbonyl (C=O) groups is 2. The number of rotatable bonds is 4. The average molecular weight is 164 g/mol. The lowest BCUT2D eigenvalue weighted by molar-refractivity contribution is -0.123. The summed E-state index contributed by atoms with van der Waals surface area (Å²) in [5.41, 5.74) is 0. The van der Waals surface area contributed by atoms with E-state index in [2.05, 4.69) is 5.32 Å². The zero-order valence-electron chi connectivity index (χ0n) is 5.82. The molecule has 0 radical (unpaired) electrons. The van der Waals surface area contributed by atoms with E-state index < -0.39 is 5.24 Å². The van der Waals surface area contributed by atoms with Crippen molar-refractivity contribution < 1.29 is 9.59 Å². The summed E-state index contributed by atoms with van der Waals surface area (Å²) in [5, 5.41) is 2.08. The van der Waals surface area contributed by atoms with Crippen molar-refractivity contribution in [2.24, 2.45) is 0 Å². The summed E-state index contributed by atoms with van der Waals surface area (Å²) >= 11 is 5.00. The molecule has 0 unspecified atom stereocenters. The minimum Gasteiger partial charge on any atom is -0.356 e. The summed E-state index contributed by atoms with van der Waals surface area (Å²) in [6.07, 6.45) is 0.309. The maximum absolute atomic E-state index is 10.6. The molecular weight excluding hydrogens is 154 g/mol. The van der Waals surface area contributed by atoms with Gasteiger partial charge in [-0.3, -0.25) is 9.59 Å². The van der Waals surface area contributed by atoms with Crippen LogP contribution in [0.4, 0.5) is 0 Å². The van der Waals surface area contributed by atoms with Gasteiger partial charge in [0.25, 0.3) is 0 Å². The van der Waals surface area contributed by atoms with Crippen LogP contribution < -0.4 is 5.32 Å². The Morgan fingerprint density at radius 2 is 2.00 bits per heavy atom. The van der Waals surface area contributed by atoms with Crippen LogP contribution in [0.15, 0.2) is 0 Å². The lowest BCUT2D eigenvalue weighted by Crippen LogP contribution is -2.22. The Morgan fingerprint density at radius 3 is 2.40 bits per heavy atom. The molecular formula is C6H10ClNO2. The molecule has 1 N–H and O–H groups in total. The number of hydrogen-bond acceptors (Lipinski definition) is 2. The minimum atomic E-state index is -0.466. The molecule has 0 aromatic rings. The molecule has 0 rings (SSSR count). The zero-order valence-corrected chi connectivity index (χ0v) is 6.57. The topological polar surface area (TPSA) is 46.2 Å². The normalized spacial score (nSPS) is 9.00. The fourth-order valence-corrected chi connectivity index (χ4v) is 0.592. The van der Waals surface area contributed by atoms with Gasteiger partial charge in [-0.25, -0.2) is 0 Å². The second-order valence-electron chi connectivity index (χ2n) is 1.81. The first-order valence-electron chi connectivity index (χ1n) is 3.11. The Balaban J connectivity index is 3.30. The van der Waals surface area contributed by atoms with Gasteiger partial charge in [0.1, 0.15) is 0 Å². The third kappa shape index (κ3) is 5.56. The first-order chi connectivity index (χ1) is 4.66. The summed E-state index contributed by atoms with van der Waals surface area (Å²) in [7, 11) is 0. The van der Waals surface area contributed by atoms with Crippen molar-refractivity contribution in [2.75, 3.05) is 6.54 Å². The van der Waals surface area contributed by atoms with Crippen LogP contribution in [0.1, 0.15) is 19.8 Å². The molecule has 1 amide bonds. The highest BCUT2D eigenvalue weighted by Crippen LogP contribution is 1.93. The quantitative estimate of drug-likeness (QED) is 0.620. The highest BCUT2D eigenvalue weighted by Gasteiger charge is 2.01. The van der Waals surface area contributed by atoms with Crippen LogP contribution in [0.2, 0.25) is 0 Å². The second kappa shape index (κ2) is 5.23. The Kier molecular flexibility index (Phi) is 4.94. The first kappa shape index (κ1) is 9.43.